The largest absolute Gasteiger partial charge is 0.507 e. The number of hydrogen-bond acceptors (Lipinski definition) is 8. The standard InChI is InChI=1S/C16H16O9S/c1-23-15-4-8(2-3-11(15)17)16-13(19)7-10-12(18)5-9(6-14(10)24-16)25-26(20,21)22/h2-6,13,16-19H,7H2,1H3,(H,20,21,22). The van der Waals surface area contributed by atoms with E-state index < -0.39 is 22.6 Å². The van der Waals surface area contributed by atoms with E-state index >= 15 is 0 Å². The average Bonchev–Trinajstić information content (AvgIpc) is 2.54. The SMILES string of the molecule is COc1cc(C2Oc3cc(OS(=O)(=O)O)cc(O)c3CC2O)ccc1O. The Bertz CT molecular complexity index is 939. The maximum Gasteiger partial charge on any atom is 0.446 e. The fraction of sp³-hybridized carbons (Fsp3) is 0.250. The number of phenols is 2. The van der Waals surface area contributed by atoms with Gasteiger partial charge in [0.15, 0.2) is 17.2 Å². The molecule has 26 heavy (non-hydrogen) atoms. The van der Waals surface area contributed by atoms with E-state index in [0.29, 0.717) is 5.56 Å². The molecule has 10 heteroatoms. The van der Waals surface area contributed by atoms with Crippen molar-refractivity contribution in [2.24, 2.45) is 0 Å². The Kier molecular flexibility index (Phi) is 4.57. The molecule has 2 atom stereocenters. The Labute approximate surface area is 149 Å². The van der Waals surface area contributed by atoms with E-state index in [1.807, 2.05) is 0 Å². The molecular formula is C16H16O9S. The molecule has 0 radical (unpaired) electrons. The third kappa shape index (κ3) is 3.62. The van der Waals surface area contributed by atoms with Crippen LogP contribution in [0.25, 0.3) is 0 Å². The summed E-state index contributed by atoms with van der Waals surface area (Å²) in [6.45, 7) is 0. The minimum absolute atomic E-state index is 0.0289. The van der Waals surface area contributed by atoms with E-state index in [1.54, 1.807) is 0 Å². The molecule has 2 aromatic carbocycles. The molecule has 9 nitrogen and oxygen atoms in total. The van der Waals surface area contributed by atoms with Gasteiger partial charge in [-0.2, -0.15) is 8.42 Å². The van der Waals surface area contributed by atoms with Crippen LogP contribution >= 0.6 is 0 Å². The molecule has 0 saturated heterocycles. The smallest absolute Gasteiger partial charge is 0.446 e. The topological polar surface area (TPSA) is 143 Å². The molecule has 0 spiro atoms. The summed E-state index contributed by atoms with van der Waals surface area (Å²) in [5, 5.41) is 30.1. The van der Waals surface area contributed by atoms with Crippen molar-refractivity contribution >= 4 is 10.4 Å². The van der Waals surface area contributed by atoms with Gasteiger partial charge in [-0.3, -0.25) is 4.55 Å². The highest BCUT2D eigenvalue weighted by Gasteiger charge is 2.33. The Hall–Kier alpha value is -2.69. The predicted molar refractivity (Wildman–Crippen MR) is 88.0 cm³/mol. The first-order valence-corrected chi connectivity index (χ1v) is 8.79. The van der Waals surface area contributed by atoms with Gasteiger partial charge in [-0.1, -0.05) is 6.07 Å². The molecule has 2 unspecified atom stereocenters. The van der Waals surface area contributed by atoms with Gasteiger partial charge >= 0.3 is 10.4 Å². The van der Waals surface area contributed by atoms with E-state index in [9.17, 15) is 23.7 Å². The van der Waals surface area contributed by atoms with Crippen molar-refractivity contribution in [1.82, 2.24) is 0 Å². The third-order valence-corrected chi connectivity index (χ3v) is 4.31. The van der Waals surface area contributed by atoms with Crippen molar-refractivity contribution < 1.29 is 41.9 Å². The van der Waals surface area contributed by atoms with Crippen LogP contribution in [0, 0.1) is 0 Å². The summed E-state index contributed by atoms with van der Waals surface area (Å²) in [5.41, 5.74) is 0.764. The number of ether oxygens (including phenoxy) is 2. The molecule has 1 aliphatic rings. The number of aliphatic hydroxyl groups excluding tert-OH is 1. The summed E-state index contributed by atoms with van der Waals surface area (Å²) in [6, 6.07) is 6.59. The van der Waals surface area contributed by atoms with E-state index in [2.05, 4.69) is 4.18 Å². The summed E-state index contributed by atoms with van der Waals surface area (Å²) in [4.78, 5) is 0. The van der Waals surface area contributed by atoms with Crippen LogP contribution < -0.4 is 13.7 Å². The van der Waals surface area contributed by atoms with E-state index in [4.69, 9.17) is 14.0 Å². The zero-order valence-corrected chi connectivity index (χ0v) is 14.3. The molecule has 0 aliphatic carbocycles. The average molecular weight is 384 g/mol. The summed E-state index contributed by atoms with van der Waals surface area (Å²) >= 11 is 0. The zero-order valence-electron chi connectivity index (χ0n) is 13.5. The van der Waals surface area contributed by atoms with Crippen LogP contribution in [0.4, 0.5) is 0 Å². The van der Waals surface area contributed by atoms with Crippen LogP contribution in [-0.4, -0.2) is 41.5 Å². The summed E-state index contributed by atoms with van der Waals surface area (Å²) in [6.07, 6.45) is -1.85. The third-order valence-electron chi connectivity index (χ3n) is 3.91. The lowest BCUT2D eigenvalue weighted by Gasteiger charge is -2.31. The Morgan fingerprint density at radius 3 is 2.54 bits per heavy atom. The van der Waals surface area contributed by atoms with Crippen LogP contribution in [0.15, 0.2) is 30.3 Å². The second kappa shape index (κ2) is 6.56. The van der Waals surface area contributed by atoms with Gasteiger partial charge in [-0.15, -0.1) is 0 Å². The molecule has 1 aliphatic heterocycles. The normalized spacial score (nSPS) is 19.3. The number of benzene rings is 2. The number of aliphatic hydroxyl groups is 1. The summed E-state index contributed by atoms with van der Waals surface area (Å²) in [5.74, 6) is -0.492. The number of hydrogen-bond donors (Lipinski definition) is 4. The first kappa shape index (κ1) is 18.1. The lowest BCUT2D eigenvalue weighted by Crippen LogP contribution is -2.30. The molecule has 3 rings (SSSR count). The molecule has 0 aromatic heterocycles. The molecule has 0 fully saturated rings. The number of aromatic hydroxyl groups is 2. The summed E-state index contributed by atoms with van der Waals surface area (Å²) in [7, 11) is -3.39. The minimum Gasteiger partial charge on any atom is -0.507 e. The minimum atomic E-state index is -4.77. The van der Waals surface area contributed by atoms with Crippen LogP contribution in [0.5, 0.6) is 28.7 Å². The lowest BCUT2D eigenvalue weighted by atomic mass is 9.94. The zero-order chi connectivity index (χ0) is 19.1. The van der Waals surface area contributed by atoms with Crippen molar-refractivity contribution in [2.45, 2.75) is 18.6 Å². The number of phenolic OH excluding ortho intramolecular Hbond substituents is 2. The van der Waals surface area contributed by atoms with Gasteiger partial charge in [0.2, 0.25) is 0 Å². The van der Waals surface area contributed by atoms with Crippen LogP contribution in [-0.2, 0) is 16.8 Å². The molecule has 0 saturated carbocycles. The fourth-order valence-electron chi connectivity index (χ4n) is 2.78. The molecule has 140 valence electrons. The molecule has 2 aromatic rings. The van der Waals surface area contributed by atoms with Crippen LogP contribution in [0.1, 0.15) is 17.2 Å². The van der Waals surface area contributed by atoms with Gasteiger partial charge < -0.3 is 29.0 Å². The maximum atomic E-state index is 10.9. The second-order valence-electron chi connectivity index (χ2n) is 5.67. The van der Waals surface area contributed by atoms with Gasteiger partial charge in [0.1, 0.15) is 17.6 Å². The van der Waals surface area contributed by atoms with Crippen LogP contribution in [0.2, 0.25) is 0 Å². The fourth-order valence-corrected chi connectivity index (χ4v) is 3.12. The molecular weight excluding hydrogens is 368 g/mol. The number of fused-ring (bicyclic) bond motifs is 1. The highest BCUT2D eigenvalue weighted by molar-refractivity contribution is 7.81. The van der Waals surface area contributed by atoms with Crippen molar-refractivity contribution in [2.75, 3.05) is 7.11 Å². The monoisotopic (exact) mass is 384 g/mol. The van der Waals surface area contributed by atoms with Gasteiger partial charge in [-0.25, -0.2) is 0 Å². The Balaban J connectivity index is 1.98. The van der Waals surface area contributed by atoms with E-state index in [1.165, 1.54) is 31.4 Å². The van der Waals surface area contributed by atoms with E-state index in [0.717, 1.165) is 6.07 Å². The highest BCUT2D eigenvalue weighted by atomic mass is 32.3. The van der Waals surface area contributed by atoms with Gasteiger partial charge in [-0.05, 0) is 17.7 Å². The molecule has 1 heterocycles. The molecule has 4 N–H and O–H groups in total. The second-order valence-corrected chi connectivity index (χ2v) is 6.69. The van der Waals surface area contributed by atoms with Gasteiger partial charge in [0, 0.05) is 24.1 Å². The first-order valence-electron chi connectivity index (χ1n) is 7.42. The highest BCUT2D eigenvalue weighted by Crippen LogP contribution is 2.43. The predicted octanol–water partition coefficient (Wildman–Crippen LogP) is 1.33. The molecule has 0 bridgehead atoms. The van der Waals surface area contributed by atoms with Crippen molar-refractivity contribution in [3.63, 3.8) is 0 Å². The van der Waals surface area contributed by atoms with Crippen molar-refractivity contribution in [3.8, 4) is 28.7 Å². The summed E-state index contributed by atoms with van der Waals surface area (Å²) < 4.78 is 45.6. The van der Waals surface area contributed by atoms with Crippen molar-refractivity contribution in [3.05, 3.63) is 41.5 Å². The Morgan fingerprint density at radius 2 is 1.88 bits per heavy atom. The number of methoxy groups -OCH3 is 1. The van der Waals surface area contributed by atoms with E-state index in [-0.39, 0.29) is 40.7 Å². The van der Waals surface area contributed by atoms with Gasteiger partial charge in [0.25, 0.3) is 0 Å². The lowest BCUT2D eigenvalue weighted by molar-refractivity contribution is 0.0197. The quantitative estimate of drug-likeness (QED) is 0.574. The molecule has 0 amide bonds. The van der Waals surface area contributed by atoms with Crippen LogP contribution in [0.3, 0.4) is 0 Å². The Morgan fingerprint density at radius 1 is 1.15 bits per heavy atom. The van der Waals surface area contributed by atoms with Gasteiger partial charge in [0.05, 0.1) is 13.2 Å². The van der Waals surface area contributed by atoms with Crippen molar-refractivity contribution in [1.29, 1.82) is 0 Å². The first-order chi connectivity index (χ1) is 12.2. The maximum absolute atomic E-state index is 10.9. The number of rotatable bonds is 4.